The smallest absolute Gasteiger partial charge is 0.227 e. The van der Waals surface area contributed by atoms with Crippen LogP contribution in [-0.4, -0.2) is 36.8 Å². The van der Waals surface area contributed by atoms with Gasteiger partial charge in [0.1, 0.15) is 0 Å². The van der Waals surface area contributed by atoms with E-state index in [1.807, 2.05) is 24.5 Å². The second-order valence-electron chi connectivity index (χ2n) is 7.75. The van der Waals surface area contributed by atoms with Gasteiger partial charge in [-0.1, -0.05) is 31.9 Å². The van der Waals surface area contributed by atoms with E-state index >= 15 is 0 Å². The number of fused-ring (bicyclic) bond motifs is 1. The van der Waals surface area contributed by atoms with Gasteiger partial charge in [-0.05, 0) is 57.7 Å². The highest BCUT2D eigenvalue weighted by Gasteiger charge is 2.21. The molecule has 3 N–H and O–H groups in total. The molecule has 0 bridgehead atoms. The fraction of sp³-hybridized carbons (Fsp3) is 0.450. The maximum Gasteiger partial charge on any atom is 0.227 e. The van der Waals surface area contributed by atoms with Crippen molar-refractivity contribution >= 4 is 60.5 Å². The van der Waals surface area contributed by atoms with Crippen LogP contribution in [0.2, 0.25) is 0 Å². The Morgan fingerprint density at radius 1 is 1.07 bits per heavy atom. The zero-order chi connectivity index (χ0) is 20.5. The summed E-state index contributed by atoms with van der Waals surface area (Å²) in [5, 5.41) is 16.6. The van der Waals surface area contributed by atoms with E-state index in [2.05, 4.69) is 65.9 Å². The molecule has 0 radical (unpaired) electrons. The van der Waals surface area contributed by atoms with E-state index in [-0.39, 0.29) is 18.2 Å². The van der Waals surface area contributed by atoms with Crippen LogP contribution in [0.25, 0.3) is 11.2 Å². The molecule has 4 rings (SSSR count). The first-order chi connectivity index (χ1) is 13.9. The molecule has 29 heavy (non-hydrogen) atoms. The van der Waals surface area contributed by atoms with Crippen molar-refractivity contribution in [2.45, 2.75) is 57.7 Å². The molecule has 3 aromatic rings. The third-order valence-corrected chi connectivity index (χ3v) is 6.05. The number of aliphatic hydroxyl groups excluding tert-OH is 1. The summed E-state index contributed by atoms with van der Waals surface area (Å²) >= 11 is 7.06. The minimum Gasteiger partial charge on any atom is -0.393 e. The molecular formula is C20H24Br2N6O. The average Bonchev–Trinajstić information content (AvgIpc) is 3.07. The summed E-state index contributed by atoms with van der Waals surface area (Å²) in [6.45, 7) is 4.22. The van der Waals surface area contributed by atoms with Crippen molar-refractivity contribution in [3.63, 3.8) is 0 Å². The van der Waals surface area contributed by atoms with Gasteiger partial charge in [-0.3, -0.25) is 0 Å². The van der Waals surface area contributed by atoms with Crippen molar-refractivity contribution in [2.75, 3.05) is 10.6 Å². The number of rotatable bonds is 5. The lowest BCUT2D eigenvalue weighted by atomic mass is 9.93. The number of aliphatic hydroxyl groups is 1. The molecule has 9 heteroatoms. The van der Waals surface area contributed by atoms with Gasteiger partial charge in [0, 0.05) is 26.7 Å². The maximum absolute atomic E-state index is 9.77. The maximum atomic E-state index is 9.77. The molecule has 1 saturated carbocycles. The van der Waals surface area contributed by atoms with Crippen LogP contribution in [0.5, 0.6) is 0 Å². The second kappa shape index (κ2) is 8.57. The van der Waals surface area contributed by atoms with Crippen LogP contribution >= 0.6 is 31.9 Å². The first-order valence-electron chi connectivity index (χ1n) is 9.81. The number of benzene rings is 1. The number of nitrogens with zero attached hydrogens (tertiary/aromatic N) is 4. The number of halogens is 2. The van der Waals surface area contributed by atoms with Crippen molar-refractivity contribution < 1.29 is 5.11 Å². The van der Waals surface area contributed by atoms with Gasteiger partial charge in [0.15, 0.2) is 17.0 Å². The fourth-order valence-electron chi connectivity index (χ4n) is 3.61. The molecule has 0 atom stereocenters. The Balaban J connectivity index is 1.71. The number of hydrogen-bond donors (Lipinski definition) is 3. The normalized spacial score (nSPS) is 19.7. The van der Waals surface area contributed by atoms with Gasteiger partial charge in [0.25, 0.3) is 0 Å². The molecule has 0 spiro atoms. The summed E-state index contributed by atoms with van der Waals surface area (Å²) in [4.78, 5) is 14.1. The Hall–Kier alpha value is -1.71. The number of aromatic nitrogens is 4. The van der Waals surface area contributed by atoms with Crippen LogP contribution in [0.1, 0.15) is 45.6 Å². The third-order valence-electron chi connectivity index (χ3n) is 5.13. The fourth-order valence-corrected chi connectivity index (χ4v) is 4.91. The van der Waals surface area contributed by atoms with Crippen LogP contribution in [-0.2, 0) is 0 Å². The molecule has 0 saturated heterocycles. The van der Waals surface area contributed by atoms with Gasteiger partial charge in [-0.15, -0.1) is 0 Å². The Morgan fingerprint density at radius 2 is 1.76 bits per heavy atom. The third kappa shape index (κ3) is 4.73. The first-order valence-corrected chi connectivity index (χ1v) is 11.4. The summed E-state index contributed by atoms with van der Waals surface area (Å²) in [5.74, 6) is 1.25. The van der Waals surface area contributed by atoms with Crippen molar-refractivity contribution in [1.82, 2.24) is 19.5 Å². The van der Waals surface area contributed by atoms with Gasteiger partial charge in [0.05, 0.1) is 12.4 Å². The predicted octanol–water partition coefficient (Wildman–Crippen LogP) is 5.39. The van der Waals surface area contributed by atoms with Crippen molar-refractivity contribution in [3.05, 3.63) is 33.5 Å². The lowest BCUT2D eigenvalue weighted by Gasteiger charge is -2.26. The van der Waals surface area contributed by atoms with Gasteiger partial charge in [0.2, 0.25) is 5.95 Å². The van der Waals surface area contributed by atoms with E-state index in [4.69, 9.17) is 9.97 Å². The summed E-state index contributed by atoms with van der Waals surface area (Å²) in [6.07, 6.45) is 5.06. The lowest BCUT2D eigenvalue weighted by Crippen LogP contribution is -2.29. The molecule has 7 nitrogen and oxygen atoms in total. The van der Waals surface area contributed by atoms with Crippen LogP contribution in [0.3, 0.4) is 0 Å². The van der Waals surface area contributed by atoms with Crippen LogP contribution in [0, 0.1) is 0 Å². The Kier molecular flexibility index (Phi) is 6.08. The summed E-state index contributed by atoms with van der Waals surface area (Å²) in [5.41, 5.74) is 2.43. The molecule has 0 aliphatic heterocycles. The van der Waals surface area contributed by atoms with Crippen LogP contribution < -0.4 is 10.6 Å². The molecule has 1 aliphatic carbocycles. The molecule has 154 valence electrons. The molecule has 1 aliphatic rings. The van der Waals surface area contributed by atoms with E-state index in [1.165, 1.54) is 0 Å². The molecule has 1 fully saturated rings. The number of anilines is 3. The lowest BCUT2D eigenvalue weighted by molar-refractivity contribution is 0.126. The molecule has 2 heterocycles. The number of hydrogen-bond acceptors (Lipinski definition) is 6. The van der Waals surface area contributed by atoms with Crippen LogP contribution in [0.15, 0.2) is 33.5 Å². The first kappa shape index (κ1) is 20.6. The Bertz CT molecular complexity index is 993. The van der Waals surface area contributed by atoms with Gasteiger partial charge in [-0.2, -0.15) is 9.97 Å². The summed E-state index contributed by atoms with van der Waals surface area (Å²) in [7, 11) is 0. The van der Waals surface area contributed by atoms with E-state index in [1.54, 1.807) is 0 Å². The van der Waals surface area contributed by atoms with E-state index < -0.39 is 0 Å². The average molecular weight is 524 g/mol. The van der Waals surface area contributed by atoms with Crippen molar-refractivity contribution in [1.29, 1.82) is 0 Å². The Morgan fingerprint density at radius 3 is 2.41 bits per heavy atom. The SMILES string of the molecule is CC(C)n1cnc2c(Nc3cc(Br)cc(Br)c3)nc(NC3CCC(O)CC3)nc21. The quantitative estimate of drug-likeness (QED) is 0.415. The minimum absolute atomic E-state index is 0.189. The van der Waals surface area contributed by atoms with E-state index in [9.17, 15) is 5.11 Å². The molecule has 0 unspecified atom stereocenters. The van der Waals surface area contributed by atoms with Gasteiger partial charge >= 0.3 is 0 Å². The largest absolute Gasteiger partial charge is 0.393 e. The predicted molar refractivity (Wildman–Crippen MR) is 123 cm³/mol. The molecule has 0 amide bonds. The van der Waals surface area contributed by atoms with E-state index in [0.717, 1.165) is 51.5 Å². The topological polar surface area (TPSA) is 87.9 Å². The standard InChI is InChI=1S/C20H24Br2N6O/c1-11(2)28-10-23-17-18(24-15-8-12(21)7-13(22)9-15)26-20(27-19(17)28)25-14-3-5-16(29)6-4-14/h7-11,14,16,29H,3-6H2,1-2H3,(H2,24,25,26,27). The van der Waals surface area contributed by atoms with Crippen molar-refractivity contribution in [2.24, 2.45) is 0 Å². The van der Waals surface area contributed by atoms with E-state index in [0.29, 0.717) is 11.8 Å². The highest BCUT2D eigenvalue weighted by atomic mass is 79.9. The Labute approximate surface area is 186 Å². The van der Waals surface area contributed by atoms with Crippen LogP contribution in [0.4, 0.5) is 17.5 Å². The number of nitrogens with one attached hydrogen (secondary N) is 2. The molecule has 1 aromatic carbocycles. The highest BCUT2D eigenvalue weighted by Crippen LogP contribution is 2.30. The molecule has 2 aromatic heterocycles. The summed E-state index contributed by atoms with van der Waals surface area (Å²) < 4.78 is 3.98. The van der Waals surface area contributed by atoms with Gasteiger partial charge < -0.3 is 20.3 Å². The second-order valence-corrected chi connectivity index (χ2v) is 9.58. The monoisotopic (exact) mass is 522 g/mol. The number of imidazole rings is 1. The zero-order valence-electron chi connectivity index (χ0n) is 16.4. The molecular weight excluding hydrogens is 500 g/mol. The minimum atomic E-state index is -0.189. The summed E-state index contributed by atoms with van der Waals surface area (Å²) in [6, 6.07) is 6.47. The zero-order valence-corrected chi connectivity index (χ0v) is 19.5. The van der Waals surface area contributed by atoms with Gasteiger partial charge in [-0.25, -0.2) is 4.98 Å². The highest BCUT2D eigenvalue weighted by molar-refractivity contribution is 9.11. The van der Waals surface area contributed by atoms with Crippen molar-refractivity contribution in [3.8, 4) is 0 Å².